The molecule has 0 atom stereocenters. The van der Waals surface area contributed by atoms with Crippen LogP contribution in [0.25, 0.3) is 0 Å². The molecule has 0 radical (unpaired) electrons. The Hall–Kier alpha value is -1.81. The Morgan fingerprint density at radius 3 is 2.68 bits per heavy atom. The predicted octanol–water partition coefficient (Wildman–Crippen LogP) is 2.37. The van der Waals surface area contributed by atoms with Crippen molar-refractivity contribution in [3.05, 3.63) is 53.2 Å². The van der Waals surface area contributed by atoms with Crippen LogP contribution < -0.4 is 5.32 Å². The fourth-order valence-electron chi connectivity index (χ4n) is 3.32. The van der Waals surface area contributed by atoms with Crippen molar-refractivity contribution in [2.75, 3.05) is 33.4 Å². The molecule has 1 saturated heterocycles. The molecule has 9 heteroatoms. The average molecular weight is 427 g/mol. The van der Waals surface area contributed by atoms with E-state index in [1.807, 2.05) is 6.07 Å². The first-order valence-electron chi connectivity index (χ1n) is 8.94. The van der Waals surface area contributed by atoms with E-state index in [-0.39, 0.29) is 16.6 Å². The van der Waals surface area contributed by atoms with E-state index in [0.717, 1.165) is 21.2 Å². The summed E-state index contributed by atoms with van der Waals surface area (Å²) in [5.74, 6) is -0.721. The predicted molar refractivity (Wildman–Crippen MR) is 105 cm³/mol. The van der Waals surface area contributed by atoms with Gasteiger partial charge in [0.1, 0.15) is 10.0 Å². The molecule has 152 valence electrons. The monoisotopic (exact) mass is 426 g/mol. The highest BCUT2D eigenvalue weighted by Gasteiger charge is 2.35. The molecule has 1 aliphatic heterocycles. The third kappa shape index (κ3) is 4.60. The van der Waals surface area contributed by atoms with Crippen LogP contribution in [0.5, 0.6) is 0 Å². The lowest BCUT2D eigenvalue weighted by Gasteiger charge is -2.38. The molecular formula is C19H23FN2O4S2. The number of amides is 1. The van der Waals surface area contributed by atoms with Gasteiger partial charge in [-0.1, -0.05) is 18.2 Å². The highest BCUT2D eigenvalue weighted by molar-refractivity contribution is 7.91. The summed E-state index contributed by atoms with van der Waals surface area (Å²) in [5, 5.41) is 4.52. The highest BCUT2D eigenvalue weighted by atomic mass is 32.2. The second kappa shape index (κ2) is 8.69. The summed E-state index contributed by atoms with van der Waals surface area (Å²) in [4.78, 5) is 12.4. The Kier molecular flexibility index (Phi) is 6.49. The molecule has 3 rings (SSSR count). The van der Waals surface area contributed by atoms with E-state index in [1.54, 1.807) is 17.5 Å². The smallest absolute Gasteiger partial charge is 0.252 e. The number of likely N-dealkylation sites (N-methyl/N-ethyl adjacent to an activating group) is 1. The van der Waals surface area contributed by atoms with Crippen LogP contribution in [-0.4, -0.2) is 52.0 Å². The number of ether oxygens (including phenoxy) is 1. The minimum absolute atomic E-state index is 0.198. The number of rotatable bonds is 7. The molecule has 1 aromatic carbocycles. The minimum atomic E-state index is -3.69. The van der Waals surface area contributed by atoms with E-state index in [4.69, 9.17) is 4.74 Å². The van der Waals surface area contributed by atoms with Crippen molar-refractivity contribution in [3.63, 3.8) is 0 Å². The van der Waals surface area contributed by atoms with Crippen molar-refractivity contribution < 1.29 is 22.3 Å². The fraction of sp³-hybridized carbons (Fsp3) is 0.421. The Bertz CT molecular complexity index is 910. The summed E-state index contributed by atoms with van der Waals surface area (Å²) < 4.78 is 45.3. The number of nitrogens with zero attached hydrogens (tertiary/aromatic N) is 1. The van der Waals surface area contributed by atoms with Crippen molar-refractivity contribution in [1.29, 1.82) is 0 Å². The topological polar surface area (TPSA) is 75.7 Å². The molecule has 1 amide bonds. The molecule has 2 aromatic rings. The third-order valence-electron chi connectivity index (χ3n) is 5.04. The van der Waals surface area contributed by atoms with Gasteiger partial charge in [0, 0.05) is 32.2 Å². The summed E-state index contributed by atoms with van der Waals surface area (Å²) in [6, 6.07) is 9.55. The maximum Gasteiger partial charge on any atom is 0.252 e. The molecule has 1 aliphatic rings. The quantitative estimate of drug-likeness (QED) is 0.738. The van der Waals surface area contributed by atoms with Crippen LogP contribution in [0.4, 0.5) is 4.39 Å². The van der Waals surface area contributed by atoms with Gasteiger partial charge in [-0.25, -0.2) is 12.8 Å². The molecule has 0 saturated carbocycles. The number of thiophene rings is 1. The van der Waals surface area contributed by atoms with E-state index in [2.05, 4.69) is 5.32 Å². The Morgan fingerprint density at radius 2 is 2.04 bits per heavy atom. The van der Waals surface area contributed by atoms with Gasteiger partial charge < -0.3 is 10.1 Å². The van der Waals surface area contributed by atoms with Crippen LogP contribution in [0.1, 0.15) is 18.4 Å². The number of nitrogens with one attached hydrogen (secondary N) is 1. The first-order chi connectivity index (χ1) is 13.3. The van der Waals surface area contributed by atoms with Gasteiger partial charge in [-0.3, -0.25) is 4.79 Å². The van der Waals surface area contributed by atoms with Crippen LogP contribution >= 0.6 is 11.3 Å². The number of benzene rings is 1. The molecule has 0 bridgehead atoms. The van der Waals surface area contributed by atoms with Crippen LogP contribution in [0, 0.1) is 5.82 Å². The van der Waals surface area contributed by atoms with E-state index in [1.165, 1.54) is 25.2 Å². The van der Waals surface area contributed by atoms with Crippen LogP contribution in [-0.2, 0) is 25.0 Å². The van der Waals surface area contributed by atoms with E-state index < -0.39 is 21.3 Å². The zero-order valence-electron chi connectivity index (χ0n) is 15.6. The lowest BCUT2D eigenvalue weighted by molar-refractivity contribution is -0.121. The maximum atomic E-state index is 13.7. The second-order valence-corrected chi connectivity index (χ2v) is 10.1. The summed E-state index contributed by atoms with van der Waals surface area (Å²) in [6.07, 6.45) is 1.31. The van der Waals surface area contributed by atoms with Gasteiger partial charge in [0.15, 0.2) is 0 Å². The van der Waals surface area contributed by atoms with E-state index in [0.29, 0.717) is 32.6 Å². The van der Waals surface area contributed by atoms with Crippen LogP contribution in [0.2, 0.25) is 0 Å². The van der Waals surface area contributed by atoms with Gasteiger partial charge in [-0.15, -0.1) is 11.3 Å². The number of carbonyl (C=O) groups excluding carboxylic acids is 1. The zero-order chi connectivity index (χ0) is 20.2. The second-order valence-electron chi connectivity index (χ2n) is 6.87. The Balaban J connectivity index is 1.67. The van der Waals surface area contributed by atoms with Gasteiger partial charge in [0.25, 0.3) is 10.0 Å². The zero-order valence-corrected chi connectivity index (χ0v) is 17.2. The largest absolute Gasteiger partial charge is 0.381 e. The summed E-state index contributed by atoms with van der Waals surface area (Å²) in [5.41, 5.74) is 0.386. The van der Waals surface area contributed by atoms with Crippen molar-refractivity contribution in [2.24, 2.45) is 0 Å². The average Bonchev–Trinajstić information content (AvgIpc) is 3.23. The first-order valence-corrected chi connectivity index (χ1v) is 11.3. The minimum Gasteiger partial charge on any atom is -0.381 e. The molecule has 1 fully saturated rings. The maximum absolute atomic E-state index is 13.7. The van der Waals surface area contributed by atoms with E-state index >= 15 is 0 Å². The molecule has 2 heterocycles. The fourth-order valence-corrected chi connectivity index (χ4v) is 5.65. The lowest BCUT2D eigenvalue weighted by Crippen LogP contribution is -2.47. The number of hydrogen-bond acceptors (Lipinski definition) is 5. The van der Waals surface area contributed by atoms with Gasteiger partial charge in [-0.2, -0.15) is 4.31 Å². The molecule has 1 N–H and O–H groups in total. The Morgan fingerprint density at radius 1 is 1.29 bits per heavy atom. The molecular weight excluding hydrogens is 403 g/mol. The van der Waals surface area contributed by atoms with E-state index in [9.17, 15) is 17.6 Å². The number of halogens is 1. The summed E-state index contributed by atoms with van der Waals surface area (Å²) in [7, 11) is -2.31. The van der Waals surface area contributed by atoms with Gasteiger partial charge in [0.2, 0.25) is 5.91 Å². The molecule has 6 nitrogen and oxygen atoms in total. The normalized spacial score (nSPS) is 16.8. The van der Waals surface area contributed by atoms with Gasteiger partial charge in [-0.05, 0) is 42.0 Å². The number of hydrogen-bond donors (Lipinski definition) is 1. The molecule has 28 heavy (non-hydrogen) atoms. The first kappa shape index (κ1) is 20.9. The molecule has 1 aromatic heterocycles. The molecule has 0 aliphatic carbocycles. The SMILES string of the molecule is CN(CC(=O)NCC1(c2cccc(F)c2)CCOCC1)S(=O)(=O)c1cccs1. The number of sulfonamides is 1. The van der Waals surface area contributed by atoms with Crippen molar-refractivity contribution in [2.45, 2.75) is 22.5 Å². The summed E-state index contributed by atoms with van der Waals surface area (Å²) in [6.45, 7) is 1.07. The lowest BCUT2D eigenvalue weighted by atomic mass is 9.74. The van der Waals surface area contributed by atoms with Crippen molar-refractivity contribution in [1.82, 2.24) is 9.62 Å². The Labute approximate surface area is 168 Å². The van der Waals surface area contributed by atoms with Crippen molar-refractivity contribution in [3.8, 4) is 0 Å². The highest BCUT2D eigenvalue weighted by Crippen LogP contribution is 2.34. The van der Waals surface area contributed by atoms with Gasteiger partial charge >= 0.3 is 0 Å². The summed E-state index contributed by atoms with van der Waals surface area (Å²) >= 11 is 1.11. The third-order valence-corrected chi connectivity index (χ3v) is 8.21. The molecule has 0 spiro atoms. The molecule has 0 unspecified atom stereocenters. The standard InChI is InChI=1S/C19H23FN2O4S2/c1-22(28(24,25)18-6-3-11-27-18)13-17(23)21-14-19(7-9-26-10-8-19)15-4-2-5-16(20)12-15/h2-6,11-12H,7-10,13-14H2,1H3,(H,21,23). The van der Waals surface area contributed by atoms with Gasteiger partial charge in [0.05, 0.1) is 6.54 Å². The van der Waals surface area contributed by atoms with Crippen LogP contribution in [0.15, 0.2) is 46.0 Å². The van der Waals surface area contributed by atoms with Crippen molar-refractivity contribution >= 4 is 27.3 Å². The number of carbonyl (C=O) groups is 1. The van der Waals surface area contributed by atoms with Crippen LogP contribution in [0.3, 0.4) is 0 Å².